The lowest BCUT2D eigenvalue weighted by Gasteiger charge is -2.11. The molecule has 3 aromatic carbocycles. The van der Waals surface area contributed by atoms with E-state index in [1.807, 2.05) is 54.0 Å². The van der Waals surface area contributed by atoms with Gasteiger partial charge in [0.25, 0.3) is 0 Å². The molecule has 4 rings (SSSR count). The average Bonchev–Trinajstić information content (AvgIpc) is 3.17. The van der Waals surface area contributed by atoms with Crippen LogP contribution in [0.4, 0.5) is 10.1 Å². The van der Waals surface area contributed by atoms with Crippen LogP contribution in [0.1, 0.15) is 17.0 Å². The molecule has 7 heteroatoms. The Balaban J connectivity index is 1.54. The van der Waals surface area contributed by atoms with Crippen LogP contribution in [0, 0.1) is 12.7 Å². The van der Waals surface area contributed by atoms with Gasteiger partial charge in [0, 0.05) is 17.8 Å². The van der Waals surface area contributed by atoms with Crippen molar-refractivity contribution >= 4 is 23.4 Å². The molecule has 0 atom stereocenters. The molecule has 1 amide bonds. The second-order valence-electron chi connectivity index (χ2n) is 7.08. The summed E-state index contributed by atoms with van der Waals surface area (Å²) in [5, 5.41) is 12.2. The van der Waals surface area contributed by atoms with Crippen LogP contribution in [-0.2, 0) is 11.2 Å². The van der Waals surface area contributed by atoms with Crippen LogP contribution in [0.2, 0.25) is 0 Å². The van der Waals surface area contributed by atoms with Crippen molar-refractivity contribution in [3.63, 3.8) is 0 Å². The molecule has 1 heterocycles. The van der Waals surface area contributed by atoms with E-state index in [2.05, 4.69) is 27.6 Å². The van der Waals surface area contributed by atoms with Crippen LogP contribution in [0.25, 0.3) is 5.69 Å². The number of nitrogens with one attached hydrogen (secondary N) is 1. The van der Waals surface area contributed by atoms with E-state index in [0.717, 1.165) is 22.6 Å². The zero-order valence-corrected chi connectivity index (χ0v) is 17.8. The topological polar surface area (TPSA) is 59.8 Å². The summed E-state index contributed by atoms with van der Waals surface area (Å²) in [5.41, 5.74) is 3.79. The molecule has 156 valence electrons. The molecule has 0 radical (unpaired) electrons. The van der Waals surface area contributed by atoms with Gasteiger partial charge in [-0.3, -0.25) is 9.36 Å². The number of hydrogen-bond acceptors (Lipinski definition) is 4. The lowest BCUT2D eigenvalue weighted by atomic mass is 10.1. The number of rotatable bonds is 7. The Bertz CT molecular complexity index is 1160. The number of carbonyl (C=O) groups excluding carboxylic acids is 1. The second-order valence-corrected chi connectivity index (χ2v) is 8.02. The summed E-state index contributed by atoms with van der Waals surface area (Å²) in [6.07, 6.45) is 0.629. The fourth-order valence-electron chi connectivity index (χ4n) is 3.10. The van der Waals surface area contributed by atoms with Crippen molar-refractivity contribution in [3.05, 3.63) is 102 Å². The number of amides is 1. The van der Waals surface area contributed by atoms with E-state index in [4.69, 9.17) is 0 Å². The molecule has 0 unspecified atom stereocenters. The minimum atomic E-state index is -0.343. The summed E-state index contributed by atoms with van der Waals surface area (Å²) in [4.78, 5) is 12.4. The number of halogens is 1. The highest BCUT2D eigenvalue weighted by atomic mass is 32.2. The molecular formula is C24H21FN4OS. The molecule has 0 aliphatic carbocycles. The molecule has 0 bridgehead atoms. The molecule has 0 aliphatic rings. The zero-order chi connectivity index (χ0) is 21.6. The molecule has 0 saturated heterocycles. The number of carbonyl (C=O) groups is 1. The number of thioether (sulfide) groups is 1. The van der Waals surface area contributed by atoms with Gasteiger partial charge in [-0.15, -0.1) is 10.2 Å². The van der Waals surface area contributed by atoms with Gasteiger partial charge < -0.3 is 5.32 Å². The molecule has 0 aliphatic heterocycles. The Morgan fingerprint density at radius 2 is 1.68 bits per heavy atom. The van der Waals surface area contributed by atoms with E-state index in [1.54, 1.807) is 0 Å². The fourth-order valence-corrected chi connectivity index (χ4v) is 3.87. The molecule has 0 saturated carbocycles. The van der Waals surface area contributed by atoms with E-state index in [-0.39, 0.29) is 17.5 Å². The first-order chi connectivity index (χ1) is 15.1. The Hall–Kier alpha value is -3.45. The van der Waals surface area contributed by atoms with Crippen LogP contribution < -0.4 is 5.32 Å². The maximum absolute atomic E-state index is 13.0. The summed E-state index contributed by atoms with van der Waals surface area (Å²) in [7, 11) is 0. The normalized spacial score (nSPS) is 10.8. The first-order valence-corrected chi connectivity index (χ1v) is 10.8. The minimum absolute atomic E-state index is 0.159. The lowest BCUT2D eigenvalue weighted by molar-refractivity contribution is -0.113. The number of hydrogen-bond donors (Lipinski definition) is 1. The van der Waals surface area contributed by atoms with Gasteiger partial charge >= 0.3 is 0 Å². The monoisotopic (exact) mass is 432 g/mol. The summed E-state index contributed by atoms with van der Waals surface area (Å²) < 4.78 is 15.0. The first kappa shape index (κ1) is 20.8. The third-order valence-corrected chi connectivity index (χ3v) is 5.59. The van der Waals surface area contributed by atoms with Gasteiger partial charge in [0.1, 0.15) is 11.6 Å². The number of anilines is 1. The van der Waals surface area contributed by atoms with Crippen molar-refractivity contribution in [2.75, 3.05) is 11.1 Å². The Kier molecular flexibility index (Phi) is 6.43. The predicted molar refractivity (Wildman–Crippen MR) is 121 cm³/mol. The molecule has 1 N–H and O–H groups in total. The van der Waals surface area contributed by atoms with Crippen LogP contribution in [0.15, 0.2) is 84.0 Å². The van der Waals surface area contributed by atoms with Crippen molar-refractivity contribution in [2.45, 2.75) is 18.5 Å². The van der Waals surface area contributed by atoms with Gasteiger partial charge in [0.05, 0.1) is 5.75 Å². The van der Waals surface area contributed by atoms with Crippen molar-refractivity contribution < 1.29 is 9.18 Å². The molecule has 5 nitrogen and oxygen atoms in total. The van der Waals surface area contributed by atoms with Gasteiger partial charge in [-0.1, -0.05) is 59.8 Å². The fraction of sp³-hybridized carbons (Fsp3) is 0.125. The predicted octanol–water partition coefficient (Wildman–Crippen LogP) is 5.04. The van der Waals surface area contributed by atoms with E-state index >= 15 is 0 Å². The van der Waals surface area contributed by atoms with Gasteiger partial charge in [-0.05, 0) is 48.9 Å². The Morgan fingerprint density at radius 3 is 2.39 bits per heavy atom. The molecule has 4 aromatic rings. The number of nitrogens with zero attached hydrogens (tertiary/aromatic N) is 3. The standard InChI is InChI=1S/C24H21FN4OS/c1-17-7-13-21(14-8-17)29-22(15-18-5-3-2-4-6-18)27-28-24(29)31-16-23(30)26-20-11-9-19(25)10-12-20/h2-14H,15-16H2,1H3,(H,26,30). The highest BCUT2D eigenvalue weighted by Crippen LogP contribution is 2.24. The highest BCUT2D eigenvalue weighted by Gasteiger charge is 2.16. The number of aromatic nitrogens is 3. The smallest absolute Gasteiger partial charge is 0.234 e. The average molecular weight is 433 g/mol. The third-order valence-electron chi connectivity index (χ3n) is 4.66. The lowest BCUT2D eigenvalue weighted by Crippen LogP contribution is -2.14. The third kappa shape index (κ3) is 5.38. The SMILES string of the molecule is Cc1ccc(-n2c(Cc3ccccc3)nnc2SCC(=O)Nc2ccc(F)cc2)cc1. The van der Waals surface area contributed by atoms with Crippen molar-refractivity contribution in [1.29, 1.82) is 0 Å². The van der Waals surface area contributed by atoms with Gasteiger partial charge in [0.15, 0.2) is 5.16 Å². The van der Waals surface area contributed by atoms with Crippen LogP contribution in [-0.4, -0.2) is 26.4 Å². The van der Waals surface area contributed by atoms with Crippen LogP contribution in [0.5, 0.6) is 0 Å². The Labute approximate surface area is 184 Å². The van der Waals surface area contributed by atoms with Gasteiger partial charge in [-0.25, -0.2) is 4.39 Å². The second kappa shape index (κ2) is 9.57. The molecule has 1 aromatic heterocycles. The van der Waals surface area contributed by atoms with Crippen molar-refractivity contribution in [3.8, 4) is 5.69 Å². The van der Waals surface area contributed by atoms with E-state index in [0.29, 0.717) is 17.3 Å². The highest BCUT2D eigenvalue weighted by molar-refractivity contribution is 7.99. The number of aryl methyl sites for hydroxylation is 1. The van der Waals surface area contributed by atoms with E-state index < -0.39 is 0 Å². The van der Waals surface area contributed by atoms with Crippen LogP contribution in [0.3, 0.4) is 0 Å². The van der Waals surface area contributed by atoms with Crippen LogP contribution >= 0.6 is 11.8 Å². The largest absolute Gasteiger partial charge is 0.325 e. The maximum Gasteiger partial charge on any atom is 0.234 e. The van der Waals surface area contributed by atoms with Crippen molar-refractivity contribution in [1.82, 2.24) is 14.8 Å². The van der Waals surface area contributed by atoms with Gasteiger partial charge in [0.2, 0.25) is 5.91 Å². The van der Waals surface area contributed by atoms with E-state index in [1.165, 1.54) is 36.0 Å². The molecule has 31 heavy (non-hydrogen) atoms. The Morgan fingerprint density at radius 1 is 0.968 bits per heavy atom. The zero-order valence-electron chi connectivity index (χ0n) is 17.0. The number of benzene rings is 3. The van der Waals surface area contributed by atoms with E-state index in [9.17, 15) is 9.18 Å². The molecule has 0 fully saturated rings. The summed E-state index contributed by atoms with van der Waals surface area (Å²) in [6.45, 7) is 2.04. The summed E-state index contributed by atoms with van der Waals surface area (Å²) in [6, 6.07) is 23.9. The molecule has 0 spiro atoms. The summed E-state index contributed by atoms with van der Waals surface area (Å²) in [5.74, 6) is 0.424. The van der Waals surface area contributed by atoms with Gasteiger partial charge in [-0.2, -0.15) is 0 Å². The minimum Gasteiger partial charge on any atom is -0.325 e. The maximum atomic E-state index is 13.0. The quantitative estimate of drug-likeness (QED) is 0.416. The molecular weight excluding hydrogens is 411 g/mol. The van der Waals surface area contributed by atoms with Crippen molar-refractivity contribution in [2.24, 2.45) is 0 Å². The first-order valence-electron chi connectivity index (χ1n) is 9.82. The summed E-state index contributed by atoms with van der Waals surface area (Å²) >= 11 is 1.31.